The molecule has 1 aliphatic rings. The molecular formula is C43H51ClN6NiO5S. The Morgan fingerprint density at radius 1 is 1.07 bits per heavy atom. The first kappa shape index (κ1) is 45.7. The molecule has 1 aliphatic heterocycles. The molecule has 1 aromatic heterocycles. The van der Waals surface area contributed by atoms with Crippen molar-refractivity contribution < 1.29 is 41.3 Å². The fraction of sp³-hybridized carbons (Fsp3) is 0.419. The van der Waals surface area contributed by atoms with Crippen molar-refractivity contribution in [1.29, 1.82) is 0 Å². The number of benzene rings is 3. The number of carbonyl (C=O) groups excluding carboxylic acids is 1. The first-order valence-electron chi connectivity index (χ1n) is 19.2. The molecule has 4 atom stereocenters. The van der Waals surface area contributed by atoms with Gasteiger partial charge in [0, 0.05) is 48.3 Å². The van der Waals surface area contributed by atoms with Gasteiger partial charge in [0.05, 0.1) is 36.1 Å². The number of likely N-dealkylation sites (tertiary alicyclic amines) is 1. The summed E-state index contributed by atoms with van der Waals surface area (Å²) in [5.41, 5.74) is 2.77. The van der Waals surface area contributed by atoms with Crippen LogP contribution >= 0.6 is 23.8 Å². The molecule has 3 aromatic carbocycles. The number of aliphatic imine (C=N–C) groups is 2. The summed E-state index contributed by atoms with van der Waals surface area (Å²) in [5.74, 6) is -0.635. The molecule has 1 saturated heterocycles. The summed E-state index contributed by atoms with van der Waals surface area (Å²) >= 11 is 12.3. The van der Waals surface area contributed by atoms with Crippen LogP contribution in [0.2, 0.25) is 5.02 Å². The molecule has 14 heteroatoms. The maximum Gasteiger partial charge on any atom is 2.00 e. The second-order valence-corrected chi connectivity index (χ2v) is 15.3. The number of para-hydroxylation sites is 1. The molecule has 1 N–H and O–H groups in total. The summed E-state index contributed by atoms with van der Waals surface area (Å²) in [5, 5.41) is 43.0. The summed E-state index contributed by atoms with van der Waals surface area (Å²) in [6.07, 6.45) is 4.14. The monoisotopic (exact) mass is 856 g/mol. The Kier molecular flexibility index (Phi) is 17.9. The van der Waals surface area contributed by atoms with Crippen molar-refractivity contribution in [1.82, 2.24) is 19.2 Å². The van der Waals surface area contributed by atoms with Gasteiger partial charge in [-0.2, -0.15) is 5.10 Å². The average molecular weight is 858 g/mol. The van der Waals surface area contributed by atoms with Crippen LogP contribution in [0.15, 0.2) is 102 Å². The van der Waals surface area contributed by atoms with Crippen molar-refractivity contribution in [2.75, 3.05) is 19.8 Å². The minimum Gasteiger partial charge on any atom is -0.861 e. The van der Waals surface area contributed by atoms with E-state index >= 15 is 0 Å². The number of allylic oxidation sites excluding steroid dienone is 1. The maximum absolute atomic E-state index is 13.9. The van der Waals surface area contributed by atoms with Gasteiger partial charge >= 0.3 is 16.5 Å². The molecule has 4 aromatic rings. The topological polar surface area (TPSA) is 143 Å². The minimum atomic E-state index is -1.44. The van der Waals surface area contributed by atoms with Crippen LogP contribution in [0.25, 0.3) is 0 Å². The number of hydrogen-bond acceptors (Lipinski definition) is 10. The number of aliphatic carboxylic acids is 1. The molecule has 57 heavy (non-hydrogen) atoms. The van der Waals surface area contributed by atoms with Crippen LogP contribution < -0.4 is 10.2 Å². The smallest absolute Gasteiger partial charge is 0.861 e. The molecular weight excluding hydrogens is 807 g/mol. The number of aryl methyl sites for hydroxylation is 1. The van der Waals surface area contributed by atoms with Gasteiger partial charge in [0.1, 0.15) is 11.9 Å². The van der Waals surface area contributed by atoms with Crippen LogP contribution in [0, 0.1) is 10.7 Å². The van der Waals surface area contributed by atoms with E-state index in [9.17, 15) is 20.1 Å². The number of aromatic nitrogens is 3. The van der Waals surface area contributed by atoms with E-state index in [1.54, 1.807) is 41.8 Å². The van der Waals surface area contributed by atoms with Crippen LogP contribution in [0.5, 0.6) is 0 Å². The third kappa shape index (κ3) is 12.3. The van der Waals surface area contributed by atoms with E-state index in [4.69, 9.17) is 38.6 Å². The van der Waals surface area contributed by atoms with Gasteiger partial charge in [-0.25, -0.2) is 4.68 Å². The van der Waals surface area contributed by atoms with Gasteiger partial charge in [-0.1, -0.05) is 98.3 Å². The Balaban J connectivity index is 0.00000720. The normalized spacial score (nSPS) is 16.6. The van der Waals surface area contributed by atoms with E-state index in [-0.39, 0.29) is 33.8 Å². The molecule has 0 radical (unpaired) electrons. The first-order chi connectivity index (χ1) is 27.0. The van der Waals surface area contributed by atoms with Gasteiger partial charge in [-0.15, -0.1) is 6.58 Å². The second-order valence-electron chi connectivity index (χ2n) is 14.5. The van der Waals surface area contributed by atoms with Crippen LogP contribution in [0.3, 0.4) is 0 Å². The first-order valence-corrected chi connectivity index (χ1v) is 20.0. The second kappa shape index (κ2) is 22.3. The molecule has 11 nitrogen and oxygen atoms in total. The van der Waals surface area contributed by atoms with Gasteiger partial charge in [0.2, 0.25) is 0 Å². The Hall–Kier alpha value is -3.97. The van der Waals surface area contributed by atoms with Gasteiger partial charge in [0.25, 0.3) is 0 Å². The number of halogens is 1. The van der Waals surface area contributed by atoms with Crippen molar-refractivity contribution in [3.63, 3.8) is 0 Å². The number of carboxylic acids is 1. The Morgan fingerprint density at radius 3 is 2.47 bits per heavy atom. The predicted molar refractivity (Wildman–Crippen MR) is 220 cm³/mol. The number of aliphatic hydroxyl groups is 1. The van der Waals surface area contributed by atoms with Crippen LogP contribution in [-0.4, -0.2) is 79.9 Å². The number of carboxylic acid groups (broad SMARTS) is 1. The summed E-state index contributed by atoms with van der Waals surface area (Å²) in [6.45, 7) is 12.2. The largest absolute Gasteiger partial charge is 2.00 e. The third-order valence-corrected chi connectivity index (χ3v) is 10.7. The van der Waals surface area contributed by atoms with Crippen molar-refractivity contribution in [3.8, 4) is 0 Å². The Bertz CT molecular complexity index is 2050. The number of ether oxygens (including phenoxy) is 1. The Morgan fingerprint density at radius 2 is 1.77 bits per heavy atom. The molecule has 306 valence electrons. The third-order valence-electron chi connectivity index (χ3n) is 9.89. The summed E-state index contributed by atoms with van der Waals surface area (Å²) in [7, 11) is 0. The maximum atomic E-state index is 13.9. The molecule has 0 aliphatic carbocycles. The van der Waals surface area contributed by atoms with Crippen molar-refractivity contribution in [2.45, 2.75) is 90.2 Å². The molecule has 0 saturated carbocycles. The standard InChI is InChI=1S/C43H53ClN6O5S.Ni/c1-5-24-49-38(22-21-33(51)28-55-26-23-29(2)3)47-50(43(49)56)30(4)39(42(53)54)46-40(31-14-7-6-8-15-31)34-17-10-12-19-36(34)45-41(52)37-20-13-25-48(37)27-32-16-9-11-18-35(32)44;/h5-12,14-19,29-30,33,37,39,51H,1,13,20-28H2,2-4H3,(H,45,52)(H,53,54);/q;+2/p-2/t30-,33?,37-,39-;/m0./s1. The number of aliphatic hydroxyl groups excluding tert-OH is 1. The van der Waals surface area contributed by atoms with Gasteiger partial charge in [-0.3, -0.25) is 14.9 Å². The van der Waals surface area contributed by atoms with Crippen LogP contribution in [0.1, 0.15) is 75.0 Å². The summed E-state index contributed by atoms with van der Waals surface area (Å²) < 4.78 is 9.19. The molecule has 5 rings (SSSR count). The van der Waals surface area contributed by atoms with E-state index in [1.807, 2.05) is 54.6 Å². The fourth-order valence-corrected chi connectivity index (χ4v) is 7.35. The van der Waals surface area contributed by atoms with Crippen molar-refractivity contribution >= 4 is 47.1 Å². The average Bonchev–Trinajstić information content (AvgIpc) is 3.78. The van der Waals surface area contributed by atoms with Gasteiger partial charge in [-0.05, 0) is 80.9 Å². The number of rotatable bonds is 20. The van der Waals surface area contributed by atoms with E-state index in [0.29, 0.717) is 78.2 Å². The molecule has 1 unspecified atom stereocenters. The summed E-state index contributed by atoms with van der Waals surface area (Å²) in [4.78, 5) is 24.6. The minimum absolute atomic E-state index is 0. The SMILES string of the molecule is C=CCn1c(CCC(O)COCCC(C)C)nn([C@@H](C)[C@H](N=C(c2ccccc2)c2ccccc2N=C([O-])[C@@H]2CCCN2Cc2ccccc2Cl)C(=O)[O-])c1=S.[Ni+2]. The number of carbonyl (C=O) groups is 1. The zero-order chi connectivity index (χ0) is 40.2. The van der Waals surface area contributed by atoms with Gasteiger partial charge in [0.15, 0.2) is 4.77 Å². The van der Waals surface area contributed by atoms with Crippen molar-refractivity contribution in [3.05, 3.63) is 124 Å². The van der Waals surface area contributed by atoms with Gasteiger partial charge < -0.3 is 29.4 Å². The molecule has 0 bridgehead atoms. The number of hydrogen-bond donors (Lipinski definition) is 1. The van der Waals surface area contributed by atoms with Crippen molar-refractivity contribution in [2.24, 2.45) is 15.9 Å². The van der Waals surface area contributed by atoms with Crippen LogP contribution in [-0.2, 0) is 45.5 Å². The zero-order valence-corrected chi connectivity index (χ0v) is 35.2. The summed E-state index contributed by atoms with van der Waals surface area (Å²) in [6, 6.07) is 21.1. The zero-order valence-electron chi connectivity index (χ0n) is 32.6. The Labute approximate surface area is 355 Å². The van der Waals surface area contributed by atoms with E-state index in [1.165, 1.54) is 4.68 Å². The fourth-order valence-electron chi connectivity index (χ4n) is 6.77. The molecule has 2 heterocycles. The quantitative estimate of drug-likeness (QED) is 0.0290. The molecule has 1 fully saturated rings. The number of nitrogens with zero attached hydrogens (tertiary/aromatic N) is 6. The van der Waals surface area contributed by atoms with E-state index < -0.39 is 30.2 Å². The predicted octanol–water partition coefficient (Wildman–Crippen LogP) is 5.88. The van der Waals surface area contributed by atoms with E-state index in [0.717, 1.165) is 24.9 Å². The molecule has 0 amide bonds. The van der Waals surface area contributed by atoms with E-state index in [2.05, 4.69) is 30.3 Å². The van der Waals surface area contributed by atoms with Crippen LogP contribution in [0.4, 0.5) is 5.69 Å². The molecule has 0 spiro atoms.